The Morgan fingerprint density at radius 2 is 1.79 bits per heavy atom. The van der Waals surface area contributed by atoms with Gasteiger partial charge in [-0.3, -0.25) is 0 Å². The van der Waals surface area contributed by atoms with Gasteiger partial charge in [0.15, 0.2) is 0 Å². The van der Waals surface area contributed by atoms with Crippen LogP contribution in [0, 0.1) is 0 Å². The molecule has 0 amide bonds. The summed E-state index contributed by atoms with van der Waals surface area (Å²) in [5, 5.41) is 1.44. The third-order valence-electron chi connectivity index (χ3n) is 2.85. The summed E-state index contributed by atoms with van der Waals surface area (Å²) < 4.78 is 0. The molecule has 0 radical (unpaired) electrons. The molecule has 1 unspecified atom stereocenters. The molecule has 0 aliphatic rings. The molecule has 2 rings (SSSR count). The van der Waals surface area contributed by atoms with Crippen molar-refractivity contribution in [2.24, 2.45) is 0 Å². The first kappa shape index (κ1) is 15.4. The van der Waals surface area contributed by atoms with E-state index in [0.29, 0.717) is 5.02 Å². The van der Waals surface area contributed by atoms with Crippen LogP contribution in [0.2, 0.25) is 10.0 Å². The van der Waals surface area contributed by atoms with Crippen molar-refractivity contribution in [2.75, 3.05) is 0 Å². The minimum atomic E-state index is 0.0831. The molecule has 19 heavy (non-hydrogen) atoms. The van der Waals surface area contributed by atoms with Crippen molar-refractivity contribution in [1.29, 1.82) is 0 Å². The van der Waals surface area contributed by atoms with Crippen molar-refractivity contribution >= 4 is 50.5 Å². The molecule has 0 aliphatic carbocycles. The van der Waals surface area contributed by atoms with Crippen molar-refractivity contribution in [3.63, 3.8) is 0 Å². The average Bonchev–Trinajstić information content (AvgIpc) is 2.80. The maximum atomic E-state index is 6.25. The first-order chi connectivity index (χ1) is 8.79. The van der Waals surface area contributed by atoms with Crippen LogP contribution in [0.25, 0.3) is 0 Å². The highest BCUT2D eigenvalue weighted by Gasteiger charge is 2.20. The molecule has 0 N–H and O–H groups in total. The van der Waals surface area contributed by atoms with Crippen molar-refractivity contribution in [2.45, 2.75) is 31.0 Å². The van der Waals surface area contributed by atoms with Crippen LogP contribution in [0.15, 0.2) is 30.3 Å². The highest BCUT2D eigenvalue weighted by molar-refractivity contribution is 9.09. The van der Waals surface area contributed by atoms with E-state index in [2.05, 4.69) is 48.8 Å². The molecule has 1 aromatic carbocycles. The van der Waals surface area contributed by atoms with Gasteiger partial charge in [-0.1, -0.05) is 59.9 Å². The van der Waals surface area contributed by atoms with Gasteiger partial charge in [0, 0.05) is 19.8 Å². The van der Waals surface area contributed by atoms with Gasteiger partial charge < -0.3 is 0 Å². The Balaban J connectivity index is 2.36. The second-order valence-electron chi connectivity index (χ2n) is 5.48. The van der Waals surface area contributed by atoms with Crippen LogP contribution in [0.4, 0.5) is 0 Å². The van der Waals surface area contributed by atoms with Crippen molar-refractivity contribution in [3.05, 3.63) is 55.7 Å². The molecule has 1 atom stereocenters. The van der Waals surface area contributed by atoms with Crippen molar-refractivity contribution in [3.8, 4) is 0 Å². The summed E-state index contributed by atoms with van der Waals surface area (Å²) in [6.45, 7) is 6.66. The van der Waals surface area contributed by atoms with Crippen LogP contribution in [-0.4, -0.2) is 0 Å². The van der Waals surface area contributed by atoms with Crippen LogP contribution >= 0.6 is 50.5 Å². The fourth-order valence-electron chi connectivity index (χ4n) is 1.75. The molecular weight excluding hydrogens is 363 g/mol. The third-order valence-corrected chi connectivity index (χ3v) is 6.29. The molecular formula is C15H15BrCl2S. The van der Waals surface area contributed by atoms with E-state index in [-0.39, 0.29) is 10.2 Å². The Labute approximate surface area is 136 Å². The van der Waals surface area contributed by atoms with Gasteiger partial charge in [-0.25, -0.2) is 0 Å². The first-order valence-electron chi connectivity index (χ1n) is 5.98. The Morgan fingerprint density at radius 1 is 1.11 bits per heavy atom. The second-order valence-corrected chi connectivity index (χ2v) is 8.36. The monoisotopic (exact) mass is 376 g/mol. The zero-order valence-corrected chi connectivity index (χ0v) is 14.9. The summed E-state index contributed by atoms with van der Waals surface area (Å²) in [6.07, 6.45) is 0. The number of rotatable bonds is 2. The van der Waals surface area contributed by atoms with Crippen LogP contribution in [0.3, 0.4) is 0 Å². The van der Waals surface area contributed by atoms with Crippen LogP contribution in [-0.2, 0) is 5.41 Å². The molecule has 0 saturated heterocycles. The normalized spacial score (nSPS) is 13.6. The molecule has 2 aromatic rings. The standard InChI is InChI=1S/C15H15BrCl2S/c1-15(2,3)13-7-6-12(19-13)14(16)10-8-9(17)4-5-11(10)18/h4-8,14H,1-3H3. The van der Waals surface area contributed by atoms with Crippen molar-refractivity contribution in [1.82, 2.24) is 0 Å². The van der Waals surface area contributed by atoms with Gasteiger partial charge in [0.25, 0.3) is 0 Å². The molecule has 1 aromatic heterocycles. The van der Waals surface area contributed by atoms with Gasteiger partial charge in [-0.05, 0) is 41.3 Å². The number of thiophene rings is 1. The fraction of sp³-hybridized carbons (Fsp3) is 0.333. The van der Waals surface area contributed by atoms with Gasteiger partial charge in [-0.2, -0.15) is 0 Å². The van der Waals surface area contributed by atoms with Crippen LogP contribution < -0.4 is 0 Å². The van der Waals surface area contributed by atoms with Gasteiger partial charge in [0.1, 0.15) is 0 Å². The topological polar surface area (TPSA) is 0 Å². The lowest BCUT2D eigenvalue weighted by molar-refractivity contribution is 0.604. The molecule has 0 nitrogen and oxygen atoms in total. The Kier molecular flexibility index (Phi) is 4.67. The predicted octanol–water partition coefficient (Wildman–Crippen LogP) is 6.84. The molecule has 1 heterocycles. The summed E-state index contributed by atoms with van der Waals surface area (Å²) in [4.78, 5) is 2.69. The maximum Gasteiger partial charge on any atom is 0.0753 e. The van der Waals surface area contributed by atoms with E-state index in [1.165, 1.54) is 9.75 Å². The van der Waals surface area contributed by atoms with Gasteiger partial charge in [0.2, 0.25) is 0 Å². The first-order valence-corrected chi connectivity index (χ1v) is 8.47. The van der Waals surface area contributed by atoms with Gasteiger partial charge in [0.05, 0.1) is 4.83 Å². The fourth-order valence-corrected chi connectivity index (χ4v) is 4.17. The predicted molar refractivity (Wildman–Crippen MR) is 90.3 cm³/mol. The van der Waals surface area contributed by atoms with Crippen LogP contribution in [0.1, 0.15) is 40.9 Å². The molecule has 4 heteroatoms. The molecule has 102 valence electrons. The summed E-state index contributed by atoms with van der Waals surface area (Å²) in [5.74, 6) is 0. The minimum absolute atomic E-state index is 0.0831. The number of benzene rings is 1. The third kappa shape index (κ3) is 3.55. The van der Waals surface area contributed by atoms with Crippen LogP contribution in [0.5, 0.6) is 0 Å². The average molecular weight is 378 g/mol. The van der Waals surface area contributed by atoms with E-state index >= 15 is 0 Å². The quantitative estimate of drug-likeness (QED) is 0.502. The number of halogens is 3. The lowest BCUT2D eigenvalue weighted by atomic mass is 9.95. The van der Waals surface area contributed by atoms with E-state index < -0.39 is 0 Å². The lowest BCUT2D eigenvalue weighted by Crippen LogP contribution is -2.07. The number of hydrogen-bond donors (Lipinski definition) is 0. The molecule has 0 spiro atoms. The van der Waals surface area contributed by atoms with Gasteiger partial charge in [-0.15, -0.1) is 11.3 Å². The van der Waals surface area contributed by atoms with E-state index in [1.807, 2.05) is 29.5 Å². The molecule has 0 fully saturated rings. The summed E-state index contributed by atoms with van der Waals surface area (Å²) in [6, 6.07) is 9.91. The van der Waals surface area contributed by atoms with E-state index in [4.69, 9.17) is 23.2 Å². The zero-order chi connectivity index (χ0) is 14.2. The smallest absolute Gasteiger partial charge is 0.0753 e. The Hall–Kier alpha value is -0.0200. The summed E-state index contributed by atoms with van der Waals surface area (Å²) >= 11 is 17.8. The number of hydrogen-bond acceptors (Lipinski definition) is 1. The van der Waals surface area contributed by atoms with E-state index in [9.17, 15) is 0 Å². The minimum Gasteiger partial charge on any atom is -0.143 e. The zero-order valence-electron chi connectivity index (χ0n) is 11.0. The molecule has 0 saturated carbocycles. The largest absolute Gasteiger partial charge is 0.143 e. The lowest BCUT2D eigenvalue weighted by Gasteiger charge is -2.16. The van der Waals surface area contributed by atoms with E-state index in [0.717, 1.165) is 10.6 Å². The van der Waals surface area contributed by atoms with Gasteiger partial charge >= 0.3 is 0 Å². The maximum absolute atomic E-state index is 6.25. The second kappa shape index (κ2) is 5.77. The molecule has 0 aliphatic heterocycles. The Bertz CT molecular complexity index is 584. The summed E-state index contributed by atoms with van der Waals surface area (Å²) in [5.41, 5.74) is 1.18. The SMILES string of the molecule is CC(C)(C)c1ccc(C(Br)c2cc(Cl)ccc2Cl)s1. The highest BCUT2D eigenvalue weighted by Crippen LogP contribution is 2.41. The van der Waals surface area contributed by atoms with Crippen molar-refractivity contribution < 1.29 is 0 Å². The summed E-state index contributed by atoms with van der Waals surface area (Å²) in [7, 11) is 0. The highest BCUT2D eigenvalue weighted by atomic mass is 79.9. The Morgan fingerprint density at radius 3 is 2.37 bits per heavy atom. The number of alkyl halides is 1. The van der Waals surface area contributed by atoms with E-state index in [1.54, 1.807) is 0 Å². The molecule has 0 bridgehead atoms.